The molecule has 0 fully saturated rings. The Morgan fingerprint density at radius 1 is 1.28 bits per heavy atom. The summed E-state index contributed by atoms with van der Waals surface area (Å²) in [5.74, 6) is -0.416. The Balaban J connectivity index is 1.74. The number of anilines is 2. The maximum Gasteiger partial charge on any atom is 0.315 e. The van der Waals surface area contributed by atoms with Crippen LogP contribution < -0.4 is 16.4 Å². The second-order valence-corrected chi connectivity index (χ2v) is 7.53. The fourth-order valence-electron chi connectivity index (χ4n) is 2.71. The molecule has 0 bridgehead atoms. The second kappa shape index (κ2) is 7.86. The summed E-state index contributed by atoms with van der Waals surface area (Å²) in [5, 5.41) is 9.38. The molecule has 8 nitrogen and oxygen atoms in total. The molecule has 0 spiro atoms. The number of nitrogens with two attached hydrogens (primary N) is 1. The summed E-state index contributed by atoms with van der Waals surface area (Å²) in [5.41, 5.74) is 7.85. The van der Waals surface area contributed by atoms with Gasteiger partial charge in [-0.1, -0.05) is 38.1 Å². The van der Waals surface area contributed by atoms with Crippen molar-refractivity contribution >= 4 is 17.4 Å². The summed E-state index contributed by atoms with van der Waals surface area (Å²) in [6.07, 6.45) is 1.56. The minimum Gasteiger partial charge on any atom is -0.385 e. The summed E-state index contributed by atoms with van der Waals surface area (Å²) >= 11 is 0. The van der Waals surface area contributed by atoms with E-state index in [9.17, 15) is 9.18 Å². The summed E-state index contributed by atoms with van der Waals surface area (Å²) in [6, 6.07) is 6.50. The predicted octanol–water partition coefficient (Wildman–Crippen LogP) is 3.12. The molecule has 3 aromatic rings. The number of carbonyl (C=O) groups is 1. The average molecular weight is 398 g/mol. The third-order valence-electron chi connectivity index (χ3n) is 4.32. The number of hydrogen-bond acceptors (Lipinski definition) is 7. The van der Waals surface area contributed by atoms with Crippen molar-refractivity contribution in [2.24, 2.45) is 0 Å². The fraction of sp³-hybridized carbons (Fsp3) is 0.300. The Morgan fingerprint density at radius 2 is 2.03 bits per heavy atom. The van der Waals surface area contributed by atoms with Crippen LogP contribution in [0.1, 0.15) is 42.8 Å². The fourth-order valence-corrected chi connectivity index (χ4v) is 2.71. The first-order valence-corrected chi connectivity index (χ1v) is 9.04. The van der Waals surface area contributed by atoms with Gasteiger partial charge in [-0.05, 0) is 17.7 Å². The number of nitrogen functional groups attached to an aromatic ring is 1. The molecule has 9 heteroatoms. The maximum absolute atomic E-state index is 14.6. The molecule has 29 heavy (non-hydrogen) atoms. The zero-order chi connectivity index (χ0) is 21.2. The van der Waals surface area contributed by atoms with Crippen LogP contribution in [0.5, 0.6) is 0 Å². The first-order valence-electron chi connectivity index (χ1n) is 9.04. The number of rotatable bonds is 5. The van der Waals surface area contributed by atoms with Gasteiger partial charge in [0.2, 0.25) is 0 Å². The Bertz CT molecular complexity index is 1040. The third-order valence-corrected chi connectivity index (χ3v) is 4.32. The molecular formula is C20H23FN6O2. The van der Waals surface area contributed by atoms with Crippen LogP contribution in [0.2, 0.25) is 0 Å². The lowest BCUT2D eigenvalue weighted by Crippen LogP contribution is -2.24. The van der Waals surface area contributed by atoms with Crippen LogP contribution in [0, 0.1) is 5.82 Å². The smallest absolute Gasteiger partial charge is 0.315 e. The van der Waals surface area contributed by atoms with E-state index < -0.39 is 11.7 Å². The zero-order valence-corrected chi connectivity index (χ0v) is 16.7. The molecule has 2 aromatic heterocycles. The van der Waals surface area contributed by atoms with Gasteiger partial charge >= 0.3 is 11.8 Å². The monoisotopic (exact) mass is 398 g/mol. The van der Waals surface area contributed by atoms with E-state index in [1.54, 1.807) is 31.4 Å². The molecule has 0 unspecified atom stereocenters. The quantitative estimate of drug-likeness (QED) is 0.604. The normalized spacial score (nSPS) is 11.3. The number of hydrogen-bond donors (Lipinski definition) is 3. The highest BCUT2D eigenvalue weighted by Gasteiger charge is 2.23. The summed E-state index contributed by atoms with van der Waals surface area (Å²) in [7, 11) is 1.72. The number of pyridine rings is 1. The van der Waals surface area contributed by atoms with Gasteiger partial charge in [0, 0.05) is 36.3 Å². The summed E-state index contributed by atoms with van der Waals surface area (Å²) in [4.78, 5) is 20.3. The Morgan fingerprint density at radius 3 is 2.66 bits per heavy atom. The van der Waals surface area contributed by atoms with Crippen molar-refractivity contribution in [3.63, 3.8) is 0 Å². The minimum atomic E-state index is -0.559. The van der Waals surface area contributed by atoms with E-state index >= 15 is 0 Å². The van der Waals surface area contributed by atoms with E-state index in [0.717, 1.165) is 5.56 Å². The lowest BCUT2D eigenvalue weighted by Gasteiger charge is -2.12. The van der Waals surface area contributed by atoms with Crippen LogP contribution in [-0.2, 0) is 12.0 Å². The highest BCUT2D eigenvalue weighted by atomic mass is 19.1. The Labute approximate surface area is 167 Å². The van der Waals surface area contributed by atoms with Crippen molar-refractivity contribution in [3.05, 3.63) is 53.6 Å². The van der Waals surface area contributed by atoms with Crippen LogP contribution in [0.4, 0.5) is 15.9 Å². The number of carbonyl (C=O) groups excluding carboxylic acids is 1. The van der Waals surface area contributed by atoms with E-state index in [-0.39, 0.29) is 17.9 Å². The van der Waals surface area contributed by atoms with Gasteiger partial charge in [0.15, 0.2) is 5.82 Å². The van der Waals surface area contributed by atoms with Crippen molar-refractivity contribution < 1.29 is 13.7 Å². The second-order valence-electron chi connectivity index (χ2n) is 7.53. The van der Waals surface area contributed by atoms with E-state index in [1.165, 1.54) is 6.07 Å². The molecule has 0 radical (unpaired) electrons. The topological polar surface area (TPSA) is 119 Å². The van der Waals surface area contributed by atoms with Crippen LogP contribution >= 0.6 is 0 Å². The van der Waals surface area contributed by atoms with E-state index in [4.69, 9.17) is 10.3 Å². The number of nitrogens with one attached hydrogen (secondary N) is 2. The number of nitrogens with zero attached hydrogens (tertiary/aromatic N) is 3. The van der Waals surface area contributed by atoms with Crippen LogP contribution in [0.3, 0.4) is 0 Å². The van der Waals surface area contributed by atoms with Gasteiger partial charge in [-0.3, -0.25) is 4.79 Å². The molecule has 152 valence electrons. The van der Waals surface area contributed by atoms with Crippen molar-refractivity contribution in [1.82, 2.24) is 20.4 Å². The average Bonchev–Trinajstić information content (AvgIpc) is 3.17. The lowest BCUT2D eigenvalue weighted by molar-refractivity contribution is 0.0906. The molecule has 3 rings (SSSR count). The van der Waals surface area contributed by atoms with Crippen molar-refractivity contribution in [3.8, 4) is 11.1 Å². The Hall–Kier alpha value is -3.49. The van der Waals surface area contributed by atoms with Gasteiger partial charge in [0.25, 0.3) is 0 Å². The van der Waals surface area contributed by atoms with Gasteiger partial charge in [-0.2, -0.15) is 4.98 Å². The molecule has 0 saturated carbocycles. The molecular weight excluding hydrogens is 375 g/mol. The largest absolute Gasteiger partial charge is 0.385 e. The van der Waals surface area contributed by atoms with Crippen LogP contribution in [0.25, 0.3) is 11.1 Å². The minimum absolute atomic E-state index is 0.0183. The van der Waals surface area contributed by atoms with Crippen LogP contribution in [-0.4, -0.2) is 28.1 Å². The third kappa shape index (κ3) is 4.34. The van der Waals surface area contributed by atoms with Gasteiger partial charge in [-0.15, -0.1) is 0 Å². The number of halogens is 1. The van der Waals surface area contributed by atoms with Gasteiger partial charge < -0.3 is 20.9 Å². The molecule has 4 N–H and O–H groups in total. The summed E-state index contributed by atoms with van der Waals surface area (Å²) in [6.45, 7) is 5.71. The Kier molecular flexibility index (Phi) is 5.49. The molecule has 0 aliphatic carbocycles. The van der Waals surface area contributed by atoms with Gasteiger partial charge in [-0.25, -0.2) is 9.37 Å². The predicted molar refractivity (Wildman–Crippen MR) is 108 cm³/mol. The van der Waals surface area contributed by atoms with Crippen molar-refractivity contribution in [2.75, 3.05) is 18.1 Å². The highest BCUT2D eigenvalue weighted by Crippen LogP contribution is 2.31. The van der Waals surface area contributed by atoms with Crippen molar-refractivity contribution in [1.29, 1.82) is 0 Å². The standard InChI is InChI=1S/C20H23FN6O2/c1-20(2,3)19-26-18(29-27-19)17(28)25-10-12-6-5-11(9-14(12)21)13-7-8-24-16(22)15(13)23-4/h5-9,23H,10H2,1-4H3,(H2,22,24)(H,25,28). The summed E-state index contributed by atoms with van der Waals surface area (Å²) < 4.78 is 19.6. The molecule has 0 atom stereocenters. The molecule has 0 aliphatic rings. The first-order chi connectivity index (χ1) is 13.7. The van der Waals surface area contributed by atoms with Gasteiger partial charge in [0.1, 0.15) is 11.6 Å². The number of aromatic nitrogens is 3. The molecule has 0 aliphatic heterocycles. The molecule has 0 saturated heterocycles. The number of benzene rings is 1. The van der Waals surface area contributed by atoms with E-state index in [0.29, 0.717) is 28.5 Å². The SMILES string of the molecule is CNc1c(-c2ccc(CNC(=O)c3nc(C(C)(C)C)no3)c(F)c2)ccnc1N. The molecule has 1 aromatic carbocycles. The van der Waals surface area contributed by atoms with Crippen LogP contribution in [0.15, 0.2) is 35.0 Å². The highest BCUT2D eigenvalue weighted by molar-refractivity contribution is 5.89. The van der Waals surface area contributed by atoms with E-state index in [1.807, 2.05) is 20.8 Å². The zero-order valence-electron chi connectivity index (χ0n) is 16.7. The number of amides is 1. The first kappa shape index (κ1) is 20.2. The maximum atomic E-state index is 14.6. The molecule has 2 heterocycles. The van der Waals surface area contributed by atoms with E-state index in [2.05, 4.69) is 25.8 Å². The van der Waals surface area contributed by atoms with Gasteiger partial charge in [0.05, 0.1) is 5.69 Å². The lowest BCUT2D eigenvalue weighted by atomic mass is 9.96. The molecule has 1 amide bonds. The van der Waals surface area contributed by atoms with Crippen molar-refractivity contribution in [2.45, 2.75) is 32.7 Å².